The number of anilines is 1. The van der Waals surface area contributed by atoms with Gasteiger partial charge in [0.1, 0.15) is 16.4 Å². The average Bonchev–Trinajstić information content (AvgIpc) is 3.27. The lowest BCUT2D eigenvalue weighted by atomic mass is 9.69. The minimum Gasteiger partial charge on any atom is -0.495 e. The van der Waals surface area contributed by atoms with Crippen molar-refractivity contribution < 1.29 is 39.7 Å². The quantitative estimate of drug-likeness (QED) is 0.410. The number of ether oxygens (including phenoxy) is 4. The van der Waals surface area contributed by atoms with E-state index in [-0.39, 0.29) is 46.4 Å². The first-order valence-corrected chi connectivity index (χ1v) is 17.0. The lowest BCUT2D eigenvalue weighted by molar-refractivity contribution is -0.124. The highest BCUT2D eigenvalue weighted by Crippen LogP contribution is 2.53. The molecule has 1 aliphatic carbocycles. The summed E-state index contributed by atoms with van der Waals surface area (Å²) in [6, 6.07) is 4.76. The van der Waals surface area contributed by atoms with Crippen molar-refractivity contribution >= 4 is 27.5 Å². The molecule has 11 nitrogen and oxygen atoms in total. The van der Waals surface area contributed by atoms with Crippen molar-refractivity contribution in [3.8, 4) is 11.5 Å². The minimum absolute atomic E-state index is 0.104. The van der Waals surface area contributed by atoms with Crippen molar-refractivity contribution in [1.82, 2.24) is 10.2 Å². The van der Waals surface area contributed by atoms with E-state index in [1.54, 1.807) is 13.0 Å². The van der Waals surface area contributed by atoms with E-state index in [0.29, 0.717) is 55.4 Å². The number of sulfonamides is 1. The maximum absolute atomic E-state index is 14.5. The highest BCUT2D eigenvalue weighted by Gasteiger charge is 2.56. The van der Waals surface area contributed by atoms with Gasteiger partial charge < -0.3 is 24.3 Å². The molecule has 0 aromatic heterocycles. The van der Waals surface area contributed by atoms with Gasteiger partial charge in [-0.05, 0) is 95.3 Å². The first kappa shape index (κ1) is 30.5. The van der Waals surface area contributed by atoms with Gasteiger partial charge in [-0.25, -0.2) is 12.7 Å². The number of hydrogen-bond acceptors (Lipinski definition) is 9. The summed E-state index contributed by atoms with van der Waals surface area (Å²) < 4.78 is 69.9. The first-order valence-electron chi connectivity index (χ1n) is 16.5. The predicted molar refractivity (Wildman–Crippen MR) is 170 cm³/mol. The minimum atomic E-state index is -4.67. The third-order valence-electron chi connectivity index (χ3n) is 8.53. The Bertz CT molecular complexity index is 1610. The van der Waals surface area contributed by atoms with Gasteiger partial charge in [0, 0.05) is 30.7 Å². The van der Waals surface area contributed by atoms with Crippen LogP contribution < -0.4 is 19.1 Å². The zero-order valence-corrected chi connectivity index (χ0v) is 27.6. The van der Waals surface area contributed by atoms with Crippen molar-refractivity contribution in [2.45, 2.75) is 75.3 Å². The number of carbonyl (C=O) groups excluding carboxylic acids is 2. The summed E-state index contributed by atoms with van der Waals surface area (Å²) in [4.78, 5) is 29.4. The molecule has 1 spiro atoms. The van der Waals surface area contributed by atoms with Crippen LogP contribution in [0.5, 0.6) is 11.5 Å². The molecule has 1 N–H and O–H groups in total. The Morgan fingerprint density at radius 3 is 2.51 bits per heavy atom. The summed E-state index contributed by atoms with van der Waals surface area (Å²) in [5.74, 6) is -1.10. The number of amides is 2. The van der Waals surface area contributed by atoms with Gasteiger partial charge in [-0.1, -0.05) is 0 Å². The molecule has 0 radical (unpaired) electrons. The number of nitrogens with zero attached hydrogens (tertiary/aromatic N) is 2. The highest BCUT2D eigenvalue weighted by atomic mass is 32.2. The molecule has 1 saturated heterocycles. The lowest BCUT2D eigenvalue weighted by Crippen LogP contribution is -2.46. The number of fused-ring (bicyclic) bond motifs is 2. The molecule has 45 heavy (non-hydrogen) atoms. The van der Waals surface area contributed by atoms with Gasteiger partial charge >= 0.3 is 0 Å². The van der Waals surface area contributed by atoms with E-state index in [4.69, 9.17) is 21.7 Å². The normalized spacial score (nSPS) is 23.0. The van der Waals surface area contributed by atoms with Gasteiger partial charge in [-0.3, -0.25) is 14.5 Å². The second kappa shape index (κ2) is 13.3. The van der Waals surface area contributed by atoms with Crippen molar-refractivity contribution in [3.05, 3.63) is 47.5 Å². The van der Waals surface area contributed by atoms with Gasteiger partial charge in [0.05, 0.1) is 53.5 Å². The largest absolute Gasteiger partial charge is 0.495 e. The molecular formula is C33H45N3O8S. The van der Waals surface area contributed by atoms with Gasteiger partial charge in [0.2, 0.25) is 0 Å². The van der Waals surface area contributed by atoms with Gasteiger partial charge in [-0.15, -0.1) is 0 Å². The van der Waals surface area contributed by atoms with Crippen molar-refractivity contribution in [3.63, 3.8) is 0 Å². The fourth-order valence-electron chi connectivity index (χ4n) is 6.26. The summed E-state index contributed by atoms with van der Waals surface area (Å²) in [7, 11) is -3.38. The molecule has 246 valence electrons. The highest BCUT2D eigenvalue weighted by molar-refractivity contribution is 7.93. The van der Waals surface area contributed by atoms with Gasteiger partial charge in [0.15, 0.2) is 0 Å². The number of hydrogen-bond donors (Lipinski definition) is 1. The standard InChI is InChI=1S/C33H45N3O8S/c1-6-43-25-8-9-27-26(22-25)33(13-11-24(12-14-33)44-20-17-35-15-18-42-19-16-35)31(38)36(27)45(39,40)29-10-7-23(21-28(29)41-5)30(37)34-32(2,3)4/h7-10,21-22,24H,6,11-20H2,1-5H3,(H,34,37)/i8D,9D. The van der Waals surface area contributed by atoms with Gasteiger partial charge in [0.25, 0.3) is 21.8 Å². The van der Waals surface area contributed by atoms with Crippen LogP contribution in [0.25, 0.3) is 0 Å². The van der Waals surface area contributed by atoms with Crippen LogP contribution in [0, 0.1) is 0 Å². The SMILES string of the molecule is [2H]c1c(OCC)cc2c(c1[2H])N(S(=O)(=O)c1ccc(C(=O)NC(C)(C)C)cc1OC)C(=O)C21CCC(OCCN2CCOCC2)CC1. The van der Waals surface area contributed by atoms with Crippen LogP contribution in [-0.4, -0.2) is 89.9 Å². The first-order chi connectivity index (χ1) is 22.2. The maximum atomic E-state index is 14.5. The number of carbonyl (C=O) groups is 2. The van der Waals surface area contributed by atoms with Crippen molar-refractivity contribution in [2.24, 2.45) is 0 Å². The van der Waals surface area contributed by atoms with Crippen LogP contribution in [0.15, 0.2) is 41.2 Å². The Balaban J connectivity index is 1.48. The molecule has 2 amide bonds. The van der Waals surface area contributed by atoms with Crippen LogP contribution in [0.4, 0.5) is 5.69 Å². The van der Waals surface area contributed by atoms with Crippen LogP contribution >= 0.6 is 0 Å². The van der Waals surface area contributed by atoms with E-state index in [2.05, 4.69) is 10.2 Å². The summed E-state index contributed by atoms with van der Waals surface area (Å²) >= 11 is 0. The molecule has 0 unspecified atom stereocenters. The fourth-order valence-corrected chi connectivity index (χ4v) is 7.87. The van der Waals surface area contributed by atoms with Crippen LogP contribution in [-0.2, 0) is 29.7 Å². The van der Waals surface area contributed by atoms with E-state index in [1.807, 2.05) is 20.8 Å². The zero-order valence-electron chi connectivity index (χ0n) is 28.7. The Morgan fingerprint density at radius 2 is 1.87 bits per heavy atom. The third kappa shape index (κ3) is 6.84. The fraction of sp³-hybridized carbons (Fsp3) is 0.576. The summed E-state index contributed by atoms with van der Waals surface area (Å²) in [6.07, 6.45) is 1.54. The molecule has 1 saturated carbocycles. The summed E-state index contributed by atoms with van der Waals surface area (Å²) in [5.41, 5.74) is -1.38. The maximum Gasteiger partial charge on any atom is 0.274 e. The lowest BCUT2D eigenvalue weighted by Gasteiger charge is -2.36. The molecule has 0 atom stereocenters. The van der Waals surface area contributed by atoms with E-state index < -0.39 is 38.8 Å². The third-order valence-corrected chi connectivity index (χ3v) is 10.3. The Kier molecular flexibility index (Phi) is 8.98. The van der Waals surface area contributed by atoms with Crippen LogP contribution in [0.2, 0.25) is 0 Å². The monoisotopic (exact) mass is 645 g/mol. The topological polar surface area (TPSA) is 124 Å². The second-order valence-corrected chi connectivity index (χ2v) is 14.5. The zero-order chi connectivity index (χ0) is 34.1. The molecule has 3 aliphatic rings. The number of rotatable bonds is 10. The molecule has 12 heteroatoms. The van der Waals surface area contributed by atoms with Crippen molar-refractivity contribution in [2.75, 3.05) is 57.5 Å². The van der Waals surface area contributed by atoms with E-state index >= 15 is 0 Å². The Labute approximate surface area is 269 Å². The molecule has 2 heterocycles. The molecule has 5 rings (SSSR count). The predicted octanol–water partition coefficient (Wildman–Crippen LogP) is 3.89. The van der Waals surface area contributed by atoms with E-state index in [0.717, 1.165) is 19.6 Å². The van der Waals surface area contributed by atoms with E-state index in [9.17, 15) is 18.0 Å². The molecule has 2 aliphatic heterocycles. The summed E-state index contributed by atoms with van der Waals surface area (Å²) in [5, 5.41) is 2.84. The van der Waals surface area contributed by atoms with Crippen molar-refractivity contribution in [1.29, 1.82) is 0 Å². The molecule has 2 fully saturated rings. The molecular weight excluding hydrogens is 598 g/mol. The average molecular weight is 646 g/mol. The van der Waals surface area contributed by atoms with Gasteiger partial charge in [-0.2, -0.15) is 0 Å². The molecule has 0 bridgehead atoms. The molecule has 2 aromatic carbocycles. The van der Waals surface area contributed by atoms with Crippen LogP contribution in [0.3, 0.4) is 0 Å². The number of benzene rings is 2. The number of morpholine rings is 1. The summed E-state index contributed by atoms with van der Waals surface area (Å²) in [6.45, 7) is 11.9. The Morgan fingerprint density at radius 1 is 1.16 bits per heavy atom. The van der Waals surface area contributed by atoms with E-state index in [1.165, 1.54) is 25.3 Å². The number of nitrogens with one attached hydrogen (secondary N) is 1. The number of methoxy groups -OCH3 is 1. The second-order valence-electron chi connectivity index (χ2n) is 12.7. The molecule has 2 aromatic rings. The smallest absolute Gasteiger partial charge is 0.274 e. The Hall–Kier alpha value is -3.19. The van der Waals surface area contributed by atoms with Crippen LogP contribution in [0.1, 0.15) is 72.0 Å².